The van der Waals surface area contributed by atoms with Crippen molar-refractivity contribution >= 4 is 29.3 Å². The SMILES string of the molecule is CCCc1ccc(NON2CCC3(C2)CC2(C3)OB(O)c3cnc4[nH]ccc4c32)cc1. The molecule has 1 aromatic carbocycles. The first-order valence-corrected chi connectivity index (χ1v) is 11.2. The Bertz CT molecular complexity index is 1110. The summed E-state index contributed by atoms with van der Waals surface area (Å²) < 4.78 is 6.14. The molecule has 31 heavy (non-hydrogen) atoms. The molecule has 0 atom stereocenters. The first-order valence-electron chi connectivity index (χ1n) is 11.2. The summed E-state index contributed by atoms with van der Waals surface area (Å²) in [5.41, 5.74) is 7.90. The molecule has 2 fully saturated rings. The van der Waals surface area contributed by atoms with Crippen LogP contribution in [-0.2, 0) is 21.6 Å². The zero-order valence-corrected chi connectivity index (χ0v) is 17.7. The van der Waals surface area contributed by atoms with Gasteiger partial charge in [0.25, 0.3) is 0 Å². The third kappa shape index (κ3) is 3.09. The lowest BCUT2D eigenvalue weighted by Crippen LogP contribution is -2.52. The monoisotopic (exact) mass is 418 g/mol. The number of hydrogen-bond acceptors (Lipinski definition) is 6. The van der Waals surface area contributed by atoms with Gasteiger partial charge in [0.15, 0.2) is 0 Å². The van der Waals surface area contributed by atoms with Gasteiger partial charge >= 0.3 is 7.12 Å². The van der Waals surface area contributed by atoms with Gasteiger partial charge in [-0.1, -0.05) is 25.5 Å². The minimum absolute atomic E-state index is 0.153. The molecule has 160 valence electrons. The lowest BCUT2D eigenvalue weighted by Gasteiger charge is -2.53. The predicted octanol–water partition coefficient (Wildman–Crippen LogP) is 2.87. The molecule has 0 unspecified atom stereocenters. The summed E-state index contributed by atoms with van der Waals surface area (Å²) >= 11 is 0. The molecule has 0 amide bonds. The zero-order valence-electron chi connectivity index (χ0n) is 17.7. The number of pyridine rings is 1. The molecule has 8 heteroatoms. The molecular weight excluding hydrogens is 391 g/mol. The maximum Gasteiger partial charge on any atom is 0.493 e. The van der Waals surface area contributed by atoms with Gasteiger partial charge in [-0.3, -0.25) is 0 Å². The van der Waals surface area contributed by atoms with Crippen molar-refractivity contribution in [2.45, 2.75) is 44.6 Å². The third-order valence-electron chi connectivity index (χ3n) is 7.18. The molecule has 1 saturated heterocycles. The number of rotatable bonds is 5. The molecule has 0 bridgehead atoms. The molecule has 2 aliphatic heterocycles. The van der Waals surface area contributed by atoms with Crippen LogP contribution in [0, 0.1) is 5.41 Å². The molecule has 4 heterocycles. The quantitative estimate of drug-likeness (QED) is 0.437. The Morgan fingerprint density at radius 3 is 2.94 bits per heavy atom. The number of aromatic amines is 1. The fourth-order valence-corrected chi connectivity index (χ4v) is 5.88. The Morgan fingerprint density at radius 2 is 2.13 bits per heavy atom. The van der Waals surface area contributed by atoms with E-state index < -0.39 is 12.7 Å². The van der Waals surface area contributed by atoms with Crippen molar-refractivity contribution in [3.8, 4) is 0 Å². The van der Waals surface area contributed by atoms with Crippen LogP contribution in [0.25, 0.3) is 11.0 Å². The van der Waals surface area contributed by atoms with E-state index in [0.717, 1.165) is 72.9 Å². The van der Waals surface area contributed by atoms with E-state index in [-0.39, 0.29) is 5.41 Å². The van der Waals surface area contributed by atoms with Gasteiger partial charge in [0.1, 0.15) is 5.65 Å². The van der Waals surface area contributed by atoms with Crippen LogP contribution in [0.3, 0.4) is 0 Å². The fraction of sp³-hybridized carbons (Fsp3) is 0.435. The normalized spacial score (nSPS) is 27.4. The summed E-state index contributed by atoms with van der Waals surface area (Å²) in [4.78, 5) is 13.5. The summed E-state index contributed by atoms with van der Waals surface area (Å²) in [5.74, 6) is 0. The lowest BCUT2D eigenvalue weighted by atomic mass is 9.56. The predicted molar refractivity (Wildman–Crippen MR) is 119 cm³/mol. The van der Waals surface area contributed by atoms with E-state index in [2.05, 4.69) is 46.6 Å². The number of aromatic nitrogens is 2. The van der Waals surface area contributed by atoms with E-state index >= 15 is 0 Å². The highest BCUT2D eigenvalue weighted by Crippen LogP contribution is 2.62. The fourth-order valence-electron chi connectivity index (χ4n) is 5.88. The van der Waals surface area contributed by atoms with Crippen LogP contribution in [0.5, 0.6) is 0 Å². The second kappa shape index (κ2) is 7.07. The summed E-state index contributed by atoms with van der Waals surface area (Å²) in [7, 11) is -0.898. The molecule has 1 saturated carbocycles. The van der Waals surface area contributed by atoms with E-state index in [4.69, 9.17) is 9.59 Å². The van der Waals surface area contributed by atoms with Crippen LogP contribution >= 0.6 is 0 Å². The maximum absolute atomic E-state index is 10.5. The Balaban J connectivity index is 1.13. The molecule has 3 N–H and O–H groups in total. The van der Waals surface area contributed by atoms with Gasteiger partial charge in [-0.2, -0.15) is 10.0 Å². The smallest absolute Gasteiger partial charge is 0.423 e. The largest absolute Gasteiger partial charge is 0.493 e. The molecule has 2 spiro atoms. The van der Waals surface area contributed by atoms with Crippen molar-refractivity contribution in [3.05, 3.63) is 53.9 Å². The summed E-state index contributed by atoms with van der Waals surface area (Å²) in [6.07, 6.45) is 8.73. The van der Waals surface area contributed by atoms with Crippen molar-refractivity contribution in [1.82, 2.24) is 15.0 Å². The number of nitrogens with one attached hydrogen (secondary N) is 2. The van der Waals surface area contributed by atoms with E-state index in [9.17, 15) is 5.02 Å². The zero-order chi connectivity index (χ0) is 21.1. The van der Waals surface area contributed by atoms with E-state index in [1.807, 2.05) is 17.3 Å². The van der Waals surface area contributed by atoms with Gasteiger partial charge in [-0.25, -0.2) is 10.5 Å². The first kappa shape index (κ1) is 19.3. The van der Waals surface area contributed by atoms with Crippen LogP contribution in [0.2, 0.25) is 0 Å². The van der Waals surface area contributed by atoms with Gasteiger partial charge in [-0.05, 0) is 60.4 Å². The topological polar surface area (TPSA) is 82.6 Å². The van der Waals surface area contributed by atoms with E-state index in [0.29, 0.717) is 0 Å². The number of aryl methyl sites for hydroxylation is 1. The van der Waals surface area contributed by atoms with Crippen molar-refractivity contribution in [2.75, 3.05) is 18.6 Å². The Hall–Kier alpha value is -2.39. The Kier molecular flexibility index (Phi) is 4.40. The minimum Gasteiger partial charge on any atom is -0.423 e. The van der Waals surface area contributed by atoms with E-state index in [1.165, 1.54) is 5.56 Å². The van der Waals surface area contributed by atoms with Crippen LogP contribution in [0.1, 0.15) is 43.7 Å². The van der Waals surface area contributed by atoms with Crippen LogP contribution in [0.4, 0.5) is 5.69 Å². The van der Waals surface area contributed by atoms with Crippen LogP contribution in [0.15, 0.2) is 42.7 Å². The highest BCUT2D eigenvalue weighted by Gasteiger charge is 2.63. The number of anilines is 1. The van der Waals surface area contributed by atoms with Crippen molar-refractivity contribution < 1.29 is 14.6 Å². The highest BCUT2D eigenvalue weighted by atomic mass is 16.8. The molecule has 3 aliphatic rings. The molecule has 1 aliphatic carbocycles. The Morgan fingerprint density at radius 1 is 1.29 bits per heavy atom. The molecule has 0 radical (unpaired) electrons. The standard InChI is InChI=1S/C23H27BN4O3/c1-2-3-16-4-6-17(7-5-16)27-31-28-11-9-22(15-28)13-23(14-22)20-18-8-10-25-21(18)26-12-19(20)24(29)30-23/h4-8,10,12,27,29H,2-3,9,11,13-15H2,1H3,(H,25,26). The van der Waals surface area contributed by atoms with Crippen molar-refractivity contribution in [1.29, 1.82) is 0 Å². The second-order valence-electron chi connectivity index (χ2n) is 9.40. The summed E-state index contributed by atoms with van der Waals surface area (Å²) in [6, 6.07) is 10.5. The maximum atomic E-state index is 10.5. The second-order valence-corrected chi connectivity index (χ2v) is 9.40. The first-order chi connectivity index (χ1) is 15.1. The van der Waals surface area contributed by atoms with Gasteiger partial charge in [0.2, 0.25) is 0 Å². The number of fused-ring (bicyclic) bond motifs is 4. The van der Waals surface area contributed by atoms with Gasteiger partial charge in [-0.15, -0.1) is 0 Å². The molecular formula is C23H27BN4O3. The average Bonchev–Trinajstić information content (AvgIpc) is 3.45. The molecule has 6 rings (SSSR count). The average molecular weight is 418 g/mol. The number of hydroxylamine groups is 2. The van der Waals surface area contributed by atoms with Crippen molar-refractivity contribution in [2.24, 2.45) is 5.41 Å². The van der Waals surface area contributed by atoms with Crippen LogP contribution < -0.4 is 10.9 Å². The van der Waals surface area contributed by atoms with Gasteiger partial charge in [0.05, 0.1) is 11.3 Å². The highest BCUT2D eigenvalue weighted by molar-refractivity contribution is 6.62. The van der Waals surface area contributed by atoms with E-state index in [1.54, 1.807) is 6.20 Å². The summed E-state index contributed by atoms with van der Waals surface area (Å²) in [6.45, 7) is 3.92. The number of hydrogen-bond donors (Lipinski definition) is 3. The molecule has 7 nitrogen and oxygen atoms in total. The number of benzene rings is 1. The van der Waals surface area contributed by atoms with Gasteiger partial charge < -0.3 is 14.7 Å². The Labute approximate surface area is 181 Å². The number of H-pyrrole nitrogens is 1. The third-order valence-corrected chi connectivity index (χ3v) is 7.18. The molecule has 3 aromatic rings. The molecule has 2 aromatic heterocycles. The summed E-state index contributed by atoms with van der Waals surface area (Å²) in [5, 5.41) is 13.6. The van der Waals surface area contributed by atoms with Crippen molar-refractivity contribution in [3.63, 3.8) is 0 Å². The number of nitrogens with zero attached hydrogens (tertiary/aromatic N) is 2. The van der Waals surface area contributed by atoms with Crippen LogP contribution in [-0.4, -0.2) is 40.3 Å². The lowest BCUT2D eigenvalue weighted by molar-refractivity contribution is -0.153. The van der Waals surface area contributed by atoms with Gasteiger partial charge in [0, 0.05) is 36.3 Å². The minimum atomic E-state index is -0.898.